The number of non-ortho nitro benzene ring substituents is 1. The Kier molecular flexibility index (Phi) is 6.01. The summed E-state index contributed by atoms with van der Waals surface area (Å²) in [5, 5.41) is 14.8. The van der Waals surface area contributed by atoms with E-state index in [0.717, 1.165) is 15.4 Å². The van der Waals surface area contributed by atoms with E-state index >= 15 is 0 Å². The first-order chi connectivity index (χ1) is 12.7. The summed E-state index contributed by atoms with van der Waals surface area (Å²) < 4.78 is 0. The number of nitro groups is 1. The fourth-order valence-electron chi connectivity index (χ4n) is 2.26. The van der Waals surface area contributed by atoms with E-state index in [1.807, 2.05) is 42.5 Å². The molecule has 0 aromatic heterocycles. The molecule has 0 aliphatic heterocycles. The summed E-state index contributed by atoms with van der Waals surface area (Å²) in [6, 6.07) is 24.3. The normalized spacial score (nSPS) is 10.8. The minimum absolute atomic E-state index is 0.0414. The second kappa shape index (κ2) is 8.82. The van der Waals surface area contributed by atoms with Gasteiger partial charge in [0.15, 0.2) is 0 Å². The fraction of sp³-hybridized carbons (Fsp3) is 0.0500. The summed E-state index contributed by atoms with van der Waals surface area (Å²) in [7, 11) is 0. The van der Waals surface area contributed by atoms with E-state index in [-0.39, 0.29) is 12.3 Å². The van der Waals surface area contributed by atoms with Crippen LogP contribution in [0.25, 0.3) is 0 Å². The molecule has 0 spiro atoms. The van der Waals surface area contributed by atoms with Crippen molar-refractivity contribution in [3.05, 3.63) is 100 Å². The minimum atomic E-state index is -0.427. The van der Waals surface area contributed by atoms with Crippen LogP contribution < -0.4 is 0 Å². The number of nitro benzene ring substituents is 1. The summed E-state index contributed by atoms with van der Waals surface area (Å²) in [4.78, 5) is 17.9. The molecule has 3 aromatic carbocycles. The highest BCUT2D eigenvalue weighted by Gasteiger charge is 2.06. The maximum absolute atomic E-state index is 10.8. The van der Waals surface area contributed by atoms with E-state index in [1.165, 1.54) is 12.1 Å². The summed E-state index contributed by atoms with van der Waals surface area (Å²) >= 11 is 1.65. The molecule has 0 aliphatic carbocycles. The molecule has 0 saturated carbocycles. The molecule has 0 radical (unpaired) electrons. The maximum Gasteiger partial charge on any atom is 0.269 e. The molecule has 0 heterocycles. The largest absolute Gasteiger partial charge is 0.391 e. The highest BCUT2D eigenvalue weighted by molar-refractivity contribution is 7.99. The lowest BCUT2D eigenvalue weighted by Gasteiger charge is -2.05. The van der Waals surface area contributed by atoms with E-state index in [0.29, 0.717) is 5.56 Å². The molecule has 3 aromatic rings. The zero-order valence-electron chi connectivity index (χ0n) is 13.8. The van der Waals surface area contributed by atoms with E-state index in [2.05, 4.69) is 17.3 Å². The van der Waals surface area contributed by atoms with Crippen LogP contribution in [0.5, 0.6) is 0 Å². The molecule has 0 saturated heterocycles. The van der Waals surface area contributed by atoms with Gasteiger partial charge in [-0.2, -0.15) is 0 Å². The van der Waals surface area contributed by atoms with Gasteiger partial charge in [0, 0.05) is 27.5 Å². The number of nitrogens with zero attached hydrogens (tertiary/aromatic N) is 2. The first kappa shape index (κ1) is 17.7. The standard InChI is InChI=1S/C20H16N2O3S/c23-22(24)18-9-6-7-16(13-18)15-25-21-14-17-8-4-5-12-20(17)26-19-10-2-1-3-11-19/h1-14H,15H2/b21-14+. The van der Waals surface area contributed by atoms with E-state index in [4.69, 9.17) is 4.84 Å². The lowest BCUT2D eigenvalue weighted by atomic mass is 10.2. The second-order valence-corrected chi connectivity index (χ2v) is 6.50. The van der Waals surface area contributed by atoms with Crippen LogP contribution in [0.4, 0.5) is 5.69 Å². The Morgan fingerprint density at radius 2 is 1.77 bits per heavy atom. The van der Waals surface area contributed by atoms with Crippen molar-refractivity contribution in [2.75, 3.05) is 0 Å². The highest BCUT2D eigenvalue weighted by atomic mass is 32.2. The molecule has 5 nitrogen and oxygen atoms in total. The van der Waals surface area contributed by atoms with Crippen molar-refractivity contribution in [1.29, 1.82) is 0 Å². The Morgan fingerprint density at radius 1 is 1.00 bits per heavy atom. The van der Waals surface area contributed by atoms with Crippen LogP contribution in [0, 0.1) is 10.1 Å². The molecule has 26 heavy (non-hydrogen) atoms. The van der Waals surface area contributed by atoms with E-state index in [9.17, 15) is 10.1 Å². The third-order valence-corrected chi connectivity index (χ3v) is 4.61. The highest BCUT2D eigenvalue weighted by Crippen LogP contribution is 2.29. The van der Waals surface area contributed by atoms with Gasteiger partial charge in [-0.25, -0.2) is 0 Å². The molecule has 0 fully saturated rings. The van der Waals surface area contributed by atoms with Crippen LogP contribution in [-0.2, 0) is 11.4 Å². The Morgan fingerprint density at radius 3 is 2.58 bits per heavy atom. The zero-order chi connectivity index (χ0) is 18.2. The second-order valence-electron chi connectivity index (χ2n) is 5.39. The molecule has 0 atom stereocenters. The van der Waals surface area contributed by atoms with Crippen molar-refractivity contribution in [2.24, 2.45) is 5.16 Å². The predicted molar refractivity (Wildman–Crippen MR) is 102 cm³/mol. The number of rotatable bonds is 7. The Labute approximate surface area is 155 Å². The number of oxime groups is 1. The summed E-state index contributed by atoms with van der Waals surface area (Å²) in [6.07, 6.45) is 1.66. The van der Waals surface area contributed by atoms with Crippen LogP contribution in [0.2, 0.25) is 0 Å². The van der Waals surface area contributed by atoms with Crippen molar-refractivity contribution in [2.45, 2.75) is 16.4 Å². The first-order valence-corrected chi connectivity index (χ1v) is 8.74. The molecule has 0 N–H and O–H groups in total. The van der Waals surface area contributed by atoms with Gasteiger partial charge in [-0.1, -0.05) is 65.4 Å². The molecule has 0 unspecified atom stereocenters. The molecule has 0 bridgehead atoms. The van der Waals surface area contributed by atoms with Crippen molar-refractivity contribution in [3.8, 4) is 0 Å². The third kappa shape index (κ3) is 4.94. The molecule has 6 heteroatoms. The molecule has 0 amide bonds. The van der Waals surface area contributed by atoms with Gasteiger partial charge in [-0.3, -0.25) is 10.1 Å². The molecule has 130 valence electrons. The number of hydrogen-bond donors (Lipinski definition) is 0. The van der Waals surface area contributed by atoms with E-state index < -0.39 is 4.92 Å². The van der Waals surface area contributed by atoms with Crippen LogP contribution in [0.1, 0.15) is 11.1 Å². The summed E-state index contributed by atoms with van der Waals surface area (Å²) in [5.41, 5.74) is 1.68. The van der Waals surface area contributed by atoms with Gasteiger partial charge in [-0.15, -0.1) is 0 Å². The molecule has 0 aliphatic rings. The lowest BCUT2D eigenvalue weighted by molar-refractivity contribution is -0.384. The van der Waals surface area contributed by atoms with Gasteiger partial charge >= 0.3 is 0 Å². The Balaban J connectivity index is 1.64. The van der Waals surface area contributed by atoms with Crippen molar-refractivity contribution >= 4 is 23.7 Å². The average molecular weight is 364 g/mol. The van der Waals surface area contributed by atoms with Crippen LogP contribution in [0.3, 0.4) is 0 Å². The van der Waals surface area contributed by atoms with Gasteiger partial charge in [0.05, 0.1) is 11.1 Å². The molecule has 3 rings (SSSR count). The zero-order valence-corrected chi connectivity index (χ0v) is 14.6. The average Bonchev–Trinajstić information content (AvgIpc) is 2.67. The van der Waals surface area contributed by atoms with Gasteiger partial charge < -0.3 is 4.84 Å². The Hall–Kier alpha value is -3.12. The minimum Gasteiger partial charge on any atom is -0.391 e. The van der Waals surface area contributed by atoms with Crippen molar-refractivity contribution in [3.63, 3.8) is 0 Å². The van der Waals surface area contributed by atoms with Gasteiger partial charge in [0.2, 0.25) is 0 Å². The van der Waals surface area contributed by atoms with E-state index in [1.54, 1.807) is 30.1 Å². The number of benzene rings is 3. The van der Waals surface area contributed by atoms with Crippen LogP contribution in [-0.4, -0.2) is 11.1 Å². The van der Waals surface area contributed by atoms with Gasteiger partial charge in [0.25, 0.3) is 5.69 Å². The third-order valence-electron chi connectivity index (χ3n) is 3.51. The lowest BCUT2D eigenvalue weighted by Crippen LogP contribution is -1.92. The van der Waals surface area contributed by atoms with Gasteiger partial charge in [0.1, 0.15) is 6.61 Å². The maximum atomic E-state index is 10.8. The fourth-order valence-corrected chi connectivity index (χ4v) is 3.19. The molecular weight excluding hydrogens is 348 g/mol. The van der Waals surface area contributed by atoms with Crippen molar-refractivity contribution < 1.29 is 9.76 Å². The summed E-state index contributed by atoms with van der Waals surface area (Å²) in [6.45, 7) is 0.173. The smallest absolute Gasteiger partial charge is 0.269 e. The Bertz CT molecular complexity index is 914. The quantitative estimate of drug-likeness (QED) is 0.324. The summed E-state index contributed by atoms with van der Waals surface area (Å²) in [5.74, 6) is 0. The number of hydrogen-bond acceptors (Lipinski definition) is 5. The van der Waals surface area contributed by atoms with Gasteiger partial charge in [-0.05, 0) is 23.8 Å². The predicted octanol–water partition coefficient (Wildman–Crippen LogP) is 5.30. The van der Waals surface area contributed by atoms with Crippen LogP contribution in [0.15, 0.2) is 93.8 Å². The first-order valence-electron chi connectivity index (χ1n) is 7.93. The van der Waals surface area contributed by atoms with Crippen LogP contribution >= 0.6 is 11.8 Å². The SMILES string of the molecule is O=[N+]([O-])c1cccc(CO/N=C/c2ccccc2Sc2ccccc2)c1. The topological polar surface area (TPSA) is 64.7 Å². The monoisotopic (exact) mass is 364 g/mol. The van der Waals surface area contributed by atoms with Crippen molar-refractivity contribution in [1.82, 2.24) is 0 Å². The molecular formula is C20H16N2O3S.